The monoisotopic (exact) mass is 337 g/mol. The molecule has 3 atom stereocenters. The molecule has 1 aromatic rings. The van der Waals surface area contributed by atoms with Gasteiger partial charge in [-0.2, -0.15) is 0 Å². The van der Waals surface area contributed by atoms with Crippen molar-refractivity contribution in [3.63, 3.8) is 0 Å². The van der Waals surface area contributed by atoms with Crippen LogP contribution in [-0.2, 0) is 0 Å². The van der Waals surface area contributed by atoms with Crippen LogP contribution in [0.3, 0.4) is 0 Å². The Kier molecular flexibility index (Phi) is 6.10. The smallest absolute Gasteiger partial charge is 0.0351 e. The minimum absolute atomic E-state index is 0.520. The highest BCUT2D eigenvalue weighted by Gasteiger charge is 2.29. The zero-order chi connectivity index (χ0) is 14.5. The lowest BCUT2D eigenvalue weighted by Gasteiger charge is -2.35. The van der Waals surface area contributed by atoms with E-state index in [1.165, 1.54) is 47.7 Å². The van der Waals surface area contributed by atoms with E-state index in [1.54, 1.807) is 0 Å². The van der Waals surface area contributed by atoms with E-state index in [2.05, 4.69) is 60.2 Å². The molecule has 20 heavy (non-hydrogen) atoms. The molecule has 2 rings (SSSR count). The molecular weight excluding hydrogens is 310 g/mol. The van der Waals surface area contributed by atoms with Crippen molar-refractivity contribution in [2.24, 2.45) is 11.8 Å². The van der Waals surface area contributed by atoms with Gasteiger partial charge in [-0.3, -0.25) is 0 Å². The predicted molar refractivity (Wildman–Crippen MR) is 91.0 cm³/mol. The number of nitrogens with one attached hydrogen (secondary N) is 1. The summed E-state index contributed by atoms with van der Waals surface area (Å²) in [5, 5.41) is 3.76. The third-order valence-electron chi connectivity index (χ3n) is 4.87. The highest BCUT2D eigenvalue weighted by Crippen LogP contribution is 2.39. The molecule has 1 aliphatic carbocycles. The SMILES string of the molecule is CCNC(c1cc(Br)ccc1C)C1CCCC(CC)C1. The molecule has 1 saturated carbocycles. The van der Waals surface area contributed by atoms with Gasteiger partial charge in [0.15, 0.2) is 0 Å². The number of benzene rings is 1. The molecular formula is C18H28BrN. The fourth-order valence-electron chi connectivity index (χ4n) is 3.70. The van der Waals surface area contributed by atoms with Gasteiger partial charge in [0.25, 0.3) is 0 Å². The van der Waals surface area contributed by atoms with Gasteiger partial charge in [-0.05, 0) is 61.4 Å². The Morgan fingerprint density at radius 3 is 2.80 bits per heavy atom. The van der Waals surface area contributed by atoms with E-state index < -0.39 is 0 Å². The van der Waals surface area contributed by atoms with Crippen molar-refractivity contribution in [3.8, 4) is 0 Å². The summed E-state index contributed by atoms with van der Waals surface area (Å²) in [5.74, 6) is 1.73. The number of hydrogen-bond donors (Lipinski definition) is 1. The molecule has 0 spiro atoms. The maximum atomic E-state index is 3.76. The second-order valence-corrected chi connectivity index (χ2v) is 7.15. The first-order valence-electron chi connectivity index (χ1n) is 8.15. The lowest BCUT2D eigenvalue weighted by Crippen LogP contribution is -2.32. The molecule has 112 valence electrons. The van der Waals surface area contributed by atoms with Crippen LogP contribution in [0.1, 0.15) is 63.1 Å². The molecule has 1 N–H and O–H groups in total. The second kappa shape index (κ2) is 7.61. The summed E-state index contributed by atoms with van der Waals surface area (Å²) in [6.45, 7) is 7.86. The quantitative estimate of drug-likeness (QED) is 0.734. The summed E-state index contributed by atoms with van der Waals surface area (Å²) in [6, 6.07) is 7.23. The van der Waals surface area contributed by atoms with Gasteiger partial charge in [-0.1, -0.05) is 55.1 Å². The van der Waals surface area contributed by atoms with Crippen molar-refractivity contribution < 1.29 is 0 Å². The third-order valence-corrected chi connectivity index (χ3v) is 5.37. The van der Waals surface area contributed by atoms with E-state index in [-0.39, 0.29) is 0 Å². The van der Waals surface area contributed by atoms with Crippen molar-refractivity contribution in [2.75, 3.05) is 6.54 Å². The minimum atomic E-state index is 0.520. The second-order valence-electron chi connectivity index (χ2n) is 6.24. The Hall–Kier alpha value is -0.340. The summed E-state index contributed by atoms with van der Waals surface area (Å²) >= 11 is 3.64. The molecule has 0 aromatic heterocycles. The molecule has 0 radical (unpaired) electrons. The molecule has 1 aliphatic rings. The molecule has 0 amide bonds. The van der Waals surface area contributed by atoms with Crippen molar-refractivity contribution in [1.29, 1.82) is 0 Å². The van der Waals surface area contributed by atoms with Crippen molar-refractivity contribution in [2.45, 2.75) is 58.9 Å². The average Bonchev–Trinajstić information content (AvgIpc) is 2.47. The highest BCUT2D eigenvalue weighted by molar-refractivity contribution is 9.10. The number of aryl methyl sites for hydroxylation is 1. The van der Waals surface area contributed by atoms with E-state index in [0.29, 0.717) is 6.04 Å². The maximum Gasteiger partial charge on any atom is 0.0351 e. The topological polar surface area (TPSA) is 12.0 Å². The Labute approximate surface area is 132 Å². The van der Waals surface area contributed by atoms with Crippen molar-refractivity contribution >= 4 is 15.9 Å². The van der Waals surface area contributed by atoms with Gasteiger partial charge in [0, 0.05) is 10.5 Å². The Morgan fingerprint density at radius 1 is 1.30 bits per heavy atom. The van der Waals surface area contributed by atoms with Crippen LogP contribution in [0.25, 0.3) is 0 Å². The molecule has 0 aliphatic heterocycles. The van der Waals surface area contributed by atoms with Gasteiger partial charge in [-0.25, -0.2) is 0 Å². The van der Waals surface area contributed by atoms with E-state index in [1.807, 2.05) is 0 Å². The molecule has 2 heteroatoms. The van der Waals surface area contributed by atoms with Crippen molar-refractivity contribution in [1.82, 2.24) is 5.32 Å². The van der Waals surface area contributed by atoms with Gasteiger partial charge in [0.2, 0.25) is 0 Å². The van der Waals surface area contributed by atoms with Gasteiger partial charge in [0.05, 0.1) is 0 Å². The fourth-order valence-corrected chi connectivity index (χ4v) is 4.08. The maximum absolute atomic E-state index is 3.76. The largest absolute Gasteiger partial charge is 0.310 e. The standard InChI is InChI=1S/C18H28BrN/c1-4-14-7-6-8-15(11-14)18(20-5-2)17-12-16(19)10-9-13(17)3/h9-10,12,14-15,18,20H,4-8,11H2,1-3H3. The summed E-state index contributed by atoms with van der Waals surface area (Å²) in [5.41, 5.74) is 2.90. The molecule has 0 saturated heterocycles. The van der Waals surface area contributed by atoms with Crippen LogP contribution in [0, 0.1) is 18.8 Å². The van der Waals surface area contributed by atoms with E-state index >= 15 is 0 Å². The lowest BCUT2D eigenvalue weighted by molar-refractivity contribution is 0.210. The summed E-state index contributed by atoms with van der Waals surface area (Å²) in [6.07, 6.45) is 6.94. The summed E-state index contributed by atoms with van der Waals surface area (Å²) in [7, 11) is 0. The lowest BCUT2D eigenvalue weighted by atomic mass is 9.74. The summed E-state index contributed by atoms with van der Waals surface area (Å²) in [4.78, 5) is 0. The zero-order valence-electron chi connectivity index (χ0n) is 13.1. The first-order valence-corrected chi connectivity index (χ1v) is 8.94. The van der Waals surface area contributed by atoms with Crippen LogP contribution in [0.4, 0.5) is 0 Å². The first kappa shape index (κ1) is 16.0. The van der Waals surface area contributed by atoms with Crippen LogP contribution < -0.4 is 5.32 Å². The fraction of sp³-hybridized carbons (Fsp3) is 0.667. The molecule has 0 heterocycles. The zero-order valence-corrected chi connectivity index (χ0v) is 14.7. The van der Waals surface area contributed by atoms with Gasteiger partial charge in [-0.15, -0.1) is 0 Å². The van der Waals surface area contributed by atoms with E-state index in [0.717, 1.165) is 18.4 Å². The minimum Gasteiger partial charge on any atom is -0.310 e. The predicted octanol–water partition coefficient (Wildman–Crippen LogP) is 5.62. The number of halogens is 1. The Balaban J connectivity index is 2.23. The van der Waals surface area contributed by atoms with Crippen LogP contribution in [0.2, 0.25) is 0 Å². The summed E-state index contributed by atoms with van der Waals surface area (Å²) < 4.78 is 1.20. The van der Waals surface area contributed by atoms with Gasteiger partial charge < -0.3 is 5.32 Å². The van der Waals surface area contributed by atoms with Crippen molar-refractivity contribution in [3.05, 3.63) is 33.8 Å². The molecule has 1 nitrogen and oxygen atoms in total. The molecule has 0 bridgehead atoms. The van der Waals surface area contributed by atoms with Crippen LogP contribution in [-0.4, -0.2) is 6.54 Å². The normalized spacial score (nSPS) is 24.6. The van der Waals surface area contributed by atoms with Crippen LogP contribution in [0.5, 0.6) is 0 Å². The van der Waals surface area contributed by atoms with Gasteiger partial charge >= 0.3 is 0 Å². The van der Waals surface area contributed by atoms with Gasteiger partial charge in [0.1, 0.15) is 0 Å². The number of rotatable bonds is 5. The average molecular weight is 338 g/mol. The molecule has 1 fully saturated rings. The molecule has 1 aromatic carbocycles. The van der Waals surface area contributed by atoms with E-state index in [9.17, 15) is 0 Å². The number of hydrogen-bond acceptors (Lipinski definition) is 1. The first-order chi connectivity index (χ1) is 9.65. The molecule has 3 unspecified atom stereocenters. The van der Waals surface area contributed by atoms with E-state index in [4.69, 9.17) is 0 Å². The third kappa shape index (κ3) is 3.85. The van der Waals surface area contributed by atoms with Crippen LogP contribution >= 0.6 is 15.9 Å². The van der Waals surface area contributed by atoms with Crippen LogP contribution in [0.15, 0.2) is 22.7 Å². The Bertz CT molecular complexity index is 429. The Morgan fingerprint density at radius 2 is 2.10 bits per heavy atom. The highest BCUT2D eigenvalue weighted by atomic mass is 79.9.